The van der Waals surface area contributed by atoms with E-state index < -0.39 is 8.07 Å². The van der Waals surface area contributed by atoms with Crippen LogP contribution < -0.4 is 10.4 Å². The molecule has 0 nitrogen and oxygen atoms in total. The molecule has 0 radical (unpaired) electrons. The predicted molar refractivity (Wildman–Crippen MR) is 144 cm³/mol. The van der Waals surface area contributed by atoms with Crippen molar-refractivity contribution in [2.75, 3.05) is 0 Å². The number of rotatable bonds is 6. The van der Waals surface area contributed by atoms with Gasteiger partial charge >= 0.3 is 0 Å². The third kappa shape index (κ3) is 3.57. The van der Waals surface area contributed by atoms with E-state index in [1.807, 2.05) is 0 Å². The van der Waals surface area contributed by atoms with E-state index in [1.165, 1.54) is 54.4 Å². The largest absolute Gasteiger partial charge is 0.134 e. The molecule has 2 aliphatic carbocycles. The molecule has 0 aromatic heterocycles. The number of hydrogen-bond donors (Lipinski definition) is 0. The summed E-state index contributed by atoms with van der Waals surface area (Å²) in [5.41, 5.74) is 8.46. The van der Waals surface area contributed by atoms with E-state index >= 15 is 0 Å². The van der Waals surface area contributed by atoms with E-state index in [4.69, 9.17) is 0 Å². The first-order valence-corrected chi connectivity index (χ1v) is 15.0. The van der Waals surface area contributed by atoms with Gasteiger partial charge in [-0.15, -0.1) is 0 Å². The quantitative estimate of drug-likeness (QED) is 0.401. The molecule has 0 N–H and O–H groups in total. The highest BCUT2D eigenvalue weighted by Crippen LogP contribution is 2.58. The predicted octanol–water partition coefficient (Wildman–Crippen LogP) is 7.77. The van der Waals surface area contributed by atoms with Crippen LogP contribution in [-0.4, -0.2) is 8.07 Å². The molecule has 0 heterocycles. The molecule has 1 saturated carbocycles. The molecule has 1 fully saturated rings. The van der Waals surface area contributed by atoms with Crippen LogP contribution in [0.4, 0.5) is 0 Å². The summed E-state index contributed by atoms with van der Waals surface area (Å²) < 4.78 is 0. The van der Waals surface area contributed by atoms with Crippen LogP contribution >= 0.6 is 0 Å². The lowest BCUT2D eigenvalue weighted by Crippen LogP contribution is -2.68. The summed E-state index contributed by atoms with van der Waals surface area (Å²) in [4.78, 5) is 0. The number of benzene rings is 2. The highest BCUT2D eigenvalue weighted by atomic mass is 28.3. The van der Waals surface area contributed by atoms with Crippen molar-refractivity contribution in [3.8, 4) is 0 Å². The summed E-state index contributed by atoms with van der Waals surface area (Å²) in [7, 11) is -2.21. The topological polar surface area (TPSA) is 0 Å². The van der Waals surface area contributed by atoms with Gasteiger partial charge in [-0.2, -0.15) is 0 Å². The molecule has 170 valence electrons. The van der Waals surface area contributed by atoms with E-state index in [0.717, 1.165) is 18.4 Å². The van der Waals surface area contributed by atoms with Gasteiger partial charge in [0.05, 0.1) is 0 Å². The Morgan fingerprint density at radius 1 is 0.812 bits per heavy atom. The summed E-state index contributed by atoms with van der Waals surface area (Å²) in [5.74, 6) is 0. The average Bonchev–Trinajstić information content (AvgIpc) is 3.03. The zero-order valence-electron chi connectivity index (χ0n) is 21.2. The van der Waals surface area contributed by atoms with Crippen LogP contribution in [0, 0.1) is 0 Å². The van der Waals surface area contributed by atoms with Gasteiger partial charge in [0.25, 0.3) is 0 Å². The maximum atomic E-state index is 2.69. The molecule has 2 aliphatic rings. The number of allylic oxidation sites excluding steroid dienone is 4. The monoisotopic (exact) mass is 442 g/mol. The summed E-state index contributed by atoms with van der Waals surface area (Å²) in [6.07, 6.45) is 11.9. The van der Waals surface area contributed by atoms with Gasteiger partial charge < -0.3 is 0 Å². The van der Waals surface area contributed by atoms with Crippen molar-refractivity contribution in [2.24, 2.45) is 0 Å². The lowest BCUT2D eigenvalue weighted by atomic mass is 10.00. The van der Waals surface area contributed by atoms with Gasteiger partial charge in [-0.1, -0.05) is 129 Å². The van der Waals surface area contributed by atoms with Crippen LogP contribution in [0.5, 0.6) is 0 Å². The van der Waals surface area contributed by atoms with Crippen molar-refractivity contribution in [2.45, 2.75) is 97.1 Å². The fourth-order valence-electron chi connectivity index (χ4n) is 7.04. The Kier molecular flexibility index (Phi) is 6.68. The lowest BCUT2D eigenvalue weighted by molar-refractivity contribution is 0.488. The molecular weight excluding hydrogens is 400 g/mol. The Hall–Kier alpha value is -1.86. The highest BCUT2D eigenvalue weighted by Gasteiger charge is 2.58. The van der Waals surface area contributed by atoms with E-state index in [1.54, 1.807) is 15.9 Å². The molecular formula is C31H42Si. The Bertz CT molecular complexity index is 999. The molecule has 0 bridgehead atoms. The van der Waals surface area contributed by atoms with E-state index in [2.05, 4.69) is 96.1 Å². The molecule has 2 aromatic carbocycles. The number of aryl methyl sites for hydroxylation is 2. The average molecular weight is 443 g/mol. The molecule has 0 spiro atoms. The zero-order chi connectivity index (χ0) is 22.9. The van der Waals surface area contributed by atoms with Gasteiger partial charge in [-0.3, -0.25) is 0 Å². The maximum Gasteiger partial charge on any atom is 0.134 e. The lowest BCUT2D eigenvalue weighted by Gasteiger charge is -2.52. The second-order valence-corrected chi connectivity index (χ2v) is 15.2. The van der Waals surface area contributed by atoms with Gasteiger partial charge in [-0.05, 0) is 55.9 Å². The van der Waals surface area contributed by atoms with Crippen molar-refractivity contribution < 1.29 is 0 Å². The first-order valence-electron chi connectivity index (χ1n) is 12.9. The van der Waals surface area contributed by atoms with Crippen molar-refractivity contribution >= 4 is 18.4 Å². The molecule has 4 rings (SSSR count). The third-order valence-corrected chi connectivity index (χ3v) is 15.4. The van der Waals surface area contributed by atoms with Crippen molar-refractivity contribution in [1.29, 1.82) is 0 Å². The van der Waals surface area contributed by atoms with Gasteiger partial charge in [0.15, 0.2) is 0 Å². The molecule has 0 saturated heterocycles. The summed E-state index contributed by atoms with van der Waals surface area (Å²) in [6, 6.07) is 19.5. The zero-order valence-corrected chi connectivity index (χ0v) is 22.2. The minimum Gasteiger partial charge on any atom is -0.0733 e. The second kappa shape index (κ2) is 9.18. The van der Waals surface area contributed by atoms with Crippen LogP contribution in [-0.2, 0) is 12.8 Å². The number of hydrogen-bond acceptors (Lipinski definition) is 0. The summed E-state index contributed by atoms with van der Waals surface area (Å²) in [5, 5.41) is 3.44. The van der Waals surface area contributed by atoms with Crippen LogP contribution in [0.2, 0.25) is 10.6 Å². The van der Waals surface area contributed by atoms with Gasteiger partial charge in [0.1, 0.15) is 8.07 Å². The van der Waals surface area contributed by atoms with Crippen molar-refractivity contribution in [3.05, 3.63) is 82.5 Å². The van der Waals surface area contributed by atoms with Crippen LogP contribution in [0.1, 0.15) is 84.8 Å². The second-order valence-electron chi connectivity index (χ2n) is 10.5. The highest BCUT2D eigenvalue weighted by molar-refractivity contribution is 7.06. The minimum absolute atomic E-state index is 0.113. The SMILES string of the molecule is CCc1cc(CC)cc([Si](c2ccccc2)(C2CCCCC2)C2(C)C=C(C)C(C)=C2C)c1. The van der Waals surface area contributed by atoms with Crippen molar-refractivity contribution in [3.63, 3.8) is 0 Å². The van der Waals surface area contributed by atoms with Gasteiger partial charge in [0.2, 0.25) is 0 Å². The van der Waals surface area contributed by atoms with Crippen LogP contribution in [0.25, 0.3) is 0 Å². The standard InChI is InChI=1S/C31H42Si/c1-7-26-19-27(8-2)21-30(20-26)32(28-15-11-9-12-16-28,29-17-13-10-14-18-29)31(6)22-23(3)24(4)25(31)5/h9,11-12,15-16,19-22,29H,7-8,10,13-14,17-18H2,1-6H3. The first-order chi connectivity index (χ1) is 15.4. The first kappa shape index (κ1) is 23.3. The molecule has 2 aromatic rings. The molecule has 32 heavy (non-hydrogen) atoms. The molecule has 2 unspecified atom stereocenters. The fourth-order valence-corrected chi connectivity index (χ4v) is 14.4. The molecule has 1 heteroatoms. The minimum atomic E-state index is -2.21. The third-order valence-electron chi connectivity index (χ3n) is 9.03. The van der Waals surface area contributed by atoms with Crippen LogP contribution in [0.15, 0.2) is 71.3 Å². The Morgan fingerprint density at radius 3 is 1.91 bits per heavy atom. The normalized spacial score (nSPS) is 23.9. The summed E-state index contributed by atoms with van der Waals surface area (Å²) >= 11 is 0. The van der Waals surface area contributed by atoms with Gasteiger partial charge in [-0.25, -0.2) is 0 Å². The Balaban J connectivity index is 2.13. The molecule has 0 aliphatic heterocycles. The van der Waals surface area contributed by atoms with Crippen LogP contribution in [0.3, 0.4) is 0 Å². The van der Waals surface area contributed by atoms with E-state index in [9.17, 15) is 0 Å². The molecule has 0 amide bonds. The van der Waals surface area contributed by atoms with Crippen molar-refractivity contribution in [1.82, 2.24) is 0 Å². The molecule has 2 atom stereocenters. The van der Waals surface area contributed by atoms with Gasteiger partial charge in [0, 0.05) is 5.04 Å². The van der Waals surface area contributed by atoms with E-state index in [-0.39, 0.29) is 5.04 Å². The Morgan fingerprint density at radius 2 is 1.41 bits per heavy atom. The summed E-state index contributed by atoms with van der Waals surface area (Å²) in [6.45, 7) is 14.4. The van der Waals surface area contributed by atoms with E-state index in [0.29, 0.717) is 0 Å². The fraction of sp³-hybridized carbons (Fsp3) is 0.484. The Labute approximate surface area is 197 Å². The maximum absolute atomic E-state index is 2.69. The smallest absolute Gasteiger partial charge is 0.0733 e.